The average Bonchev–Trinajstić information content (AvgIpc) is 2.58. The van der Waals surface area contributed by atoms with Crippen LogP contribution in [0.2, 0.25) is 0 Å². The van der Waals surface area contributed by atoms with E-state index in [0.29, 0.717) is 16.5 Å². The molecule has 0 amide bonds. The molecule has 116 valence electrons. The summed E-state index contributed by atoms with van der Waals surface area (Å²) in [5, 5.41) is 21.5. The SMILES string of the molecule is CCc1ccc2c(O)c(C(=O)Oc3ccccc3)cc(O)c2c1. The van der Waals surface area contributed by atoms with Crippen LogP contribution in [0.1, 0.15) is 22.8 Å². The lowest BCUT2D eigenvalue weighted by molar-refractivity contribution is 0.0731. The lowest BCUT2D eigenvalue weighted by Gasteiger charge is -2.11. The number of carbonyl (C=O) groups excluding carboxylic acids is 1. The molecule has 0 atom stereocenters. The summed E-state index contributed by atoms with van der Waals surface area (Å²) in [6, 6.07) is 15.2. The molecule has 0 aromatic heterocycles. The summed E-state index contributed by atoms with van der Waals surface area (Å²) in [7, 11) is 0. The van der Waals surface area contributed by atoms with Gasteiger partial charge in [0, 0.05) is 10.8 Å². The van der Waals surface area contributed by atoms with Crippen LogP contribution < -0.4 is 4.74 Å². The Labute approximate surface area is 133 Å². The zero-order valence-corrected chi connectivity index (χ0v) is 12.6. The predicted octanol–water partition coefficient (Wildman–Crippen LogP) is 4.03. The first-order chi connectivity index (χ1) is 11.1. The van der Waals surface area contributed by atoms with Crippen LogP contribution in [0.15, 0.2) is 54.6 Å². The van der Waals surface area contributed by atoms with Gasteiger partial charge in [-0.1, -0.05) is 37.3 Å². The van der Waals surface area contributed by atoms with Crippen LogP contribution in [0.5, 0.6) is 17.2 Å². The summed E-state index contributed by atoms with van der Waals surface area (Å²) in [6.45, 7) is 2.00. The van der Waals surface area contributed by atoms with Gasteiger partial charge in [0.1, 0.15) is 22.8 Å². The summed E-state index contributed by atoms with van der Waals surface area (Å²) in [5.41, 5.74) is 0.968. The van der Waals surface area contributed by atoms with Crippen molar-refractivity contribution in [2.75, 3.05) is 0 Å². The van der Waals surface area contributed by atoms with Crippen LogP contribution in [0.25, 0.3) is 10.8 Å². The first-order valence-corrected chi connectivity index (χ1v) is 7.35. The standard InChI is InChI=1S/C19H16O4/c1-2-12-8-9-14-15(10-12)17(20)11-16(18(14)21)19(22)23-13-6-4-3-5-7-13/h3-11,20-21H,2H2,1H3. The predicted molar refractivity (Wildman–Crippen MR) is 88.1 cm³/mol. The molecule has 2 N–H and O–H groups in total. The van der Waals surface area contributed by atoms with E-state index in [4.69, 9.17) is 4.74 Å². The molecule has 3 aromatic rings. The Hall–Kier alpha value is -3.01. The molecule has 0 radical (unpaired) electrons. The molecule has 0 saturated heterocycles. The monoisotopic (exact) mass is 308 g/mol. The maximum atomic E-state index is 12.3. The minimum absolute atomic E-state index is 0.0619. The zero-order chi connectivity index (χ0) is 16.4. The Bertz CT molecular complexity index is 869. The number of phenols is 2. The zero-order valence-electron chi connectivity index (χ0n) is 12.6. The second-order valence-corrected chi connectivity index (χ2v) is 5.23. The van der Waals surface area contributed by atoms with Crippen LogP contribution in [0, 0.1) is 0 Å². The number of phenolic OH excluding ortho intramolecular Hbond substituents is 2. The van der Waals surface area contributed by atoms with Gasteiger partial charge in [-0.25, -0.2) is 4.79 Å². The van der Waals surface area contributed by atoms with E-state index in [1.165, 1.54) is 6.07 Å². The summed E-state index contributed by atoms with van der Waals surface area (Å²) in [4.78, 5) is 12.3. The Morgan fingerprint density at radius 2 is 1.74 bits per heavy atom. The molecule has 0 aliphatic rings. The third-order valence-electron chi connectivity index (χ3n) is 3.73. The average molecular weight is 308 g/mol. The Balaban J connectivity index is 2.04. The maximum Gasteiger partial charge on any atom is 0.347 e. The lowest BCUT2D eigenvalue weighted by atomic mass is 10.0. The van der Waals surface area contributed by atoms with Crippen molar-refractivity contribution in [1.29, 1.82) is 0 Å². The normalized spacial score (nSPS) is 10.7. The molecule has 0 aliphatic carbocycles. The highest BCUT2D eigenvalue weighted by atomic mass is 16.5. The van der Waals surface area contributed by atoms with Crippen molar-refractivity contribution in [2.24, 2.45) is 0 Å². The van der Waals surface area contributed by atoms with Crippen molar-refractivity contribution in [3.8, 4) is 17.2 Å². The number of para-hydroxylation sites is 1. The van der Waals surface area contributed by atoms with E-state index in [0.717, 1.165) is 12.0 Å². The fourth-order valence-corrected chi connectivity index (χ4v) is 2.46. The van der Waals surface area contributed by atoms with Crippen molar-refractivity contribution < 1.29 is 19.7 Å². The number of aromatic hydroxyl groups is 2. The smallest absolute Gasteiger partial charge is 0.347 e. The van der Waals surface area contributed by atoms with Crippen LogP contribution in [-0.4, -0.2) is 16.2 Å². The van der Waals surface area contributed by atoms with Gasteiger partial charge in [-0.05, 0) is 36.2 Å². The topological polar surface area (TPSA) is 66.8 Å². The second kappa shape index (κ2) is 6.01. The van der Waals surface area contributed by atoms with Crippen LogP contribution >= 0.6 is 0 Å². The van der Waals surface area contributed by atoms with E-state index in [2.05, 4.69) is 0 Å². The first-order valence-electron chi connectivity index (χ1n) is 7.35. The first kappa shape index (κ1) is 14.9. The van der Waals surface area contributed by atoms with Crippen molar-refractivity contribution in [3.63, 3.8) is 0 Å². The molecule has 0 aliphatic heterocycles. The van der Waals surface area contributed by atoms with Gasteiger partial charge in [0.25, 0.3) is 0 Å². The third kappa shape index (κ3) is 2.83. The van der Waals surface area contributed by atoms with Gasteiger partial charge in [-0.15, -0.1) is 0 Å². The van der Waals surface area contributed by atoms with Crippen molar-refractivity contribution in [3.05, 3.63) is 65.7 Å². The number of benzene rings is 3. The highest BCUT2D eigenvalue weighted by Gasteiger charge is 2.19. The van der Waals surface area contributed by atoms with Crippen molar-refractivity contribution >= 4 is 16.7 Å². The molecule has 0 spiro atoms. The third-order valence-corrected chi connectivity index (χ3v) is 3.73. The summed E-state index contributed by atoms with van der Waals surface area (Å²) >= 11 is 0. The van der Waals surface area contributed by atoms with E-state index in [1.54, 1.807) is 36.4 Å². The maximum absolute atomic E-state index is 12.3. The molecule has 0 unspecified atom stereocenters. The molecule has 3 rings (SSSR count). The number of hydrogen-bond acceptors (Lipinski definition) is 4. The highest BCUT2D eigenvalue weighted by molar-refractivity contribution is 6.04. The number of hydrogen-bond donors (Lipinski definition) is 2. The van der Waals surface area contributed by atoms with Gasteiger partial charge in [0.05, 0.1) is 0 Å². The summed E-state index contributed by atoms with van der Waals surface area (Å²) < 4.78 is 5.22. The number of fused-ring (bicyclic) bond motifs is 1. The molecule has 0 heterocycles. The lowest BCUT2D eigenvalue weighted by Crippen LogP contribution is -2.09. The fraction of sp³-hybridized carbons (Fsp3) is 0.105. The van der Waals surface area contributed by atoms with E-state index in [1.807, 2.05) is 19.1 Å². The second-order valence-electron chi connectivity index (χ2n) is 5.23. The Kier molecular flexibility index (Phi) is 3.89. The molecule has 0 bridgehead atoms. The molecule has 4 nitrogen and oxygen atoms in total. The van der Waals surface area contributed by atoms with E-state index >= 15 is 0 Å². The quantitative estimate of drug-likeness (QED) is 0.435. The van der Waals surface area contributed by atoms with Gasteiger partial charge >= 0.3 is 5.97 Å². The largest absolute Gasteiger partial charge is 0.507 e. The number of aryl methyl sites for hydroxylation is 1. The van der Waals surface area contributed by atoms with Crippen LogP contribution in [0.4, 0.5) is 0 Å². The van der Waals surface area contributed by atoms with E-state index < -0.39 is 5.97 Å². The number of rotatable bonds is 3. The van der Waals surface area contributed by atoms with Crippen LogP contribution in [-0.2, 0) is 6.42 Å². The molecular weight excluding hydrogens is 292 g/mol. The number of ether oxygens (including phenoxy) is 1. The highest BCUT2D eigenvalue weighted by Crippen LogP contribution is 2.36. The van der Waals surface area contributed by atoms with Crippen LogP contribution in [0.3, 0.4) is 0 Å². The van der Waals surface area contributed by atoms with Gasteiger partial charge in [0.15, 0.2) is 0 Å². The fourth-order valence-electron chi connectivity index (χ4n) is 2.46. The molecule has 0 saturated carbocycles. The van der Waals surface area contributed by atoms with Crippen molar-refractivity contribution in [2.45, 2.75) is 13.3 Å². The van der Waals surface area contributed by atoms with E-state index in [-0.39, 0.29) is 17.1 Å². The molecule has 0 fully saturated rings. The summed E-state index contributed by atoms with van der Waals surface area (Å²) in [6.07, 6.45) is 0.813. The minimum Gasteiger partial charge on any atom is -0.507 e. The van der Waals surface area contributed by atoms with Crippen molar-refractivity contribution in [1.82, 2.24) is 0 Å². The van der Waals surface area contributed by atoms with Gasteiger partial charge < -0.3 is 14.9 Å². The minimum atomic E-state index is -0.717. The number of esters is 1. The van der Waals surface area contributed by atoms with Gasteiger partial charge in [-0.2, -0.15) is 0 Å². The number of carbonyl (C=O) groups is 1. The van der Waals surface area contributed by atoms with E-state index in [9.17, 15) is 15.0 Å². The molecule has 23 heavy (non-hydrogen) atoms. The molecule has 3 aromatic carbocycles. The Morgan fingerprint density at radius 1 is 1.00 bits per heavy atom. The molecular formula is C19H16O4. The Morgan fingerprint density at radius 3 is 2.43 bits per heavy atom. The summed E-state index contributed by atoms with van der Waals surface area (Å²) in [5.74, 6) is -0.599. The van der Waals surface area contributed by atoms with Gasteiger partial charge in [0.2, 0.25) is 0 Å². The van der Waals surface area contributed by atoms with Gasteiger partial charge in [-0.3, -0.25) is 0 Å². The molecule has 4 heteroatoms.